The molecule has 0 fully saturated rings. The SMILES string of the molecule is CCCCCCCCNc1cc(O)c(C)s1. The van der Waals surface area contributed by atoms with E-state index in [1.807, 2.05) is 13.0 Å². The molecule has 0 saturated carbocycles. The lowest BCUT2D eigenvalue weighted by Crippen LogP contribution is -1.99. The van der Waals surface area contributed by atoms with Gasteiger partial charge in [0, 0.05) is 17.5 Å². The van der Waals surface area contributed by atoms with Crippen LogP contribution in [0, 0.1) is 6.92 Å². The summed E-state index contributed by atoms with van der Waals surface area (Å²) in [5, 5.41) is 13.9. The average molecular weight is 241 g/mol. The van der Waals surface area contributed by atoms with Crippen LogP contribution in [0.25, 0.3) is 0 Å². The molecule has 2 N–H and O–H groups in total. The largest absolute Gasteiger partial charge is 0.507 e. The molecule has 1 aromatic rings. The third-order valence-corrected chi connectivity index (χ3v) is 3.72. The number of anilines is 1. The number of aromatic hydroxyl groups is 1. The lowest BCUT2D eigenvalue weighted by atomic mass is 10.1. The number of hydrogen-bond acceptors (Lipinski definition) is 3. The molecule has 0 aliphatic heterocycles. The Morgan fingerprint density at radius 3 is 2.50 bits per heavy atom. The summed E-state index contributed by atoms with van der Waals surface area (Å²) in [4.78, 5) is 0.991. The average Bonchev–Trinajstić information content (AvgIpc) is 2.57. The standard InChI is InChI=1S/C13H23NOS/c1-3-4-5-6-7-8-9-14-13-10-12(15)11(2)16-13/h10,14-15H,3-9H2,1-2H3. The summed E-state index contributed by atoms with van der Waals surface area (Å²) in [7, 11) is 0. The third-order valence-electron chi connectivity index (χ3n) is 2.72. The molecule has 0 saturated heterocycles. The van der Waals surface area contributed by atoms with Gasteiger partial charge in [-0.2, -0.15) is 0 Å². The van der Waals surface area contributed by atoms with Gasteiger partial charge in [0.2, 0.25) is 0 Å². The first-order valence-corrected chi connectivity index (χ1v) is 7.09. The van der Waals surface area contributed by atoms with Crippen molar-refractivity contribution in [2.24, 2.45) is 0 Å². The predicted octanol–water partition coefficient (Wildman–Crippen LogP) is 4.53. The van der Waals surface area contributed by atoms with Crippen molar-refractivity contribution in [1.82, 2.24) is 0 Å². The minimum Gasteiger partial charge on any atom is -0.507 e. The number of nitrogens with one attached hydrogen (secondary N) is 1. The van der Waals surface area contributed by atoms with Crippen molar-refractivity contribution in [3.05, 3.63) is 10.9 Å². The molecule has 0 amide bonds. The van der Waals surface area contributed by atoms with E-state index in [0.29, 0.717) is 5.75 Å². The molecule has 92 valence electrons. The smallest absolute Gasteiger partial charge is 0.131 e. The Balaban J connectivity index is 2.03. The monoisotopic (exact) mass is 241 g/mol. The van der Waals surface area contributed by atoms with E-state index in [1.54, 1.807) is 11.3 Å². The summed E-state index contributed by atoms with van der Waals surface area (Å²) in [6, 6.07) is 1.82. The number of thiophene rings is 1. The van der Waals surface area contributed by atoms with Crippen molar-refractivity contribution in [2.75, 3.05) is 11.9 Å². The second-order valence-electron chi connectivity index (χ2n) is 4.25. The molecule has 0 unspecified atom stereocenters. The molecule has 3 heteroatoms. The van der Waals surface area contributed by atoms with E-state index in [2.05, 4.69) is 12.2 Å². The fraction of sp³-hybridized carbons (Fsp3) is 0.692. The number of unbranched alkanes of at least 4 members (excludes halogenated alkanes) is 5. The van der Waals surface area contributed by atoms with Crippen LogP contribution in [0.15, 0.2) is 6.07 Å². The molecule has 0 aliphatic rings. The van der Waals surface area contributed by atoms with Gasteiger partial charge < -0.3 is 10.4 Å². The molecule has 1 rings (SSSR count). The van der Waals surface area contributed by atoms with Gasteiger partial charge in [-0.1, -0.05) is 39.0 Å². The first-order chi connectivity index (χ1) is 7.74. The van der Waals surface area contributed by atoms with E-state index in [1.165, 1.54) is 38.5 Å². The Hall–Kier alpha value is -0.700. The molecule has 0 radical (unpaired) electrons. The van der Waals surface area contributed by atoms with E-state index in [-0.39, 0.29) is 0 Å². The zero-order valence-corrected chi connectivity index (χ0v) is 11.2. The number of hydrogen-bond donors (Lipinski definition) is 2. The van der Waals surface area contributed by atoms with Crippen LogP contribution in [0.4, 0.5) is 5.00 Å². The highest BCUT2D eigenvalue weighted by Gasteiger charge is 2.02. The van der Waals surface area contributed by atoms with Gasteiger partial charge >= 0.3 is 0 Å². The maximum absolute atomic E-state index is 9.41. The van der Waals surface area contributed by atoms with Crippen LogP contribution < -0.4 is 5.32 Å². The van der Waals surface area contributed by atoms with E-state index in [9.17, 15) is 5.11 Å². The Labute approximate surface area is 103 Å². The fourth-order valence-electron chi connectivity index (χ4n) is 1.68. The van der Waals surface area contributed by atoms with Crippen molar-refractivity contribution in [3.8, 4) is 5.75 Å². The molecule has 0 aromatic carbocycles. The first-order valence-electron chi connectivity index (χ1n) is 6.27. The number of rotatable bonds is 8. The van der Waals surface area contributed by atoms with Gasteiger partial charge in [0.1, 0.15) is 5.75 Å². The molecule has 0 atom stereocenters. The quantitative estimate of drug-likeness (QED) is 0.655. The summed E-state index contributed by atoms with van der Waals surface area (Å²) in [5.74, 6) is 0.412. The van der Waals surface area contributed by atoms with Crippen LogP contribution in [0.2, 0.25) is 0 Å². The normalized spacial score (nSPS) is 10.6. The topological polar surface area (TPSA) is 32.3 Å². The van der Waals surface area contributed by atoms with Gasteiger partial charge in [0.15, 0.2) is 0 Å². The summed E-state index contributed by atoms with van der Waals surface area (Å²) >= 11 is 1.63. The van der Waals surface area contributed by atoms with Crippen molar-refractivity contribution >= 4 is 16.3 Å². The number of aryl methyl sites for hydroxylation is 1. The first kappa shape index (κ1) is 13.4. The maximum atomic E-state index is 9.41. The van der Waals surface area contributed by atoms with Gasteiger partial charge in [0.05, 0.1) is 5.00 Å². The lowest BCUT2D eigenvalue weighted by Gasteiger charge is -2.03. The molecule has 0 aliphatic carbocycles. The molecular formula is C13H23NOS. The zero-order valence-electron chi connectivity index (χ0n) is 10.4. The molecule has 0 spiro atoms. The van der Waals surface area contributed by atoms with E-state index >= 15 is 0 Å². The van der Waals surface area contributed by atoms with Crippen LogP contribution in [0.3, 0.4) is 0 Å². The molecule has 1 aromatic heterocycles. The van der Waals surface area contributed by atoms with Gasteiger partial charge in [-0.05, 0) is 13.3 Å². The van der Waals surface area contributed by atoms with Crippen LogP contribution in [0.1, 0.15) is 50.3 Å². The minimum absolute atomic E-state index is 0.412. The van der Waals surface area contributed by atoms with Gasteiger partial charge in [-0.15, -0.1) is 11.3 Å². The Morgan fingerprint density at radius 1 is 1.19 bits per heavy atom. The molecule has 0 bridgehead atoms. The predicted molar refractivity (Wildman–Crippen MR) is 72.6 cm³/mol. The van der Waals surface area contributed by atoms with E-state index in [0.717, 1.165) is 16.4 Å². The van der Waals surface area contributed by atoms with Gasteiger partial charge in [-0.3, -0.25) is 0 Å². The second-order valence-corrected chi connectivity index (χ2v) is 5.50. The summed E-state index contributed by atoms with van der Waals surface area (Å²) in [6.45, 7) is 5.20. The third kappa shape index (κ3) is 4.88. The summed E-state index contributed by atoms with van der Waals surface area (Å²) in [6.07, 6.45) is 7.93. The fourth-order valence-corrected chi connectivity index (χ4v) is 2.51. The molecule has 16 heavy (non-hydrogen) atoms. The van der Waals surface area contributed by atoms with E-state index in [4.69, 9.17) is 0 Å². The minimum atomic E-state index is 0.412. The highest BCUT2D eigenvalue weighted by Crippen LogP contribution is 2.30. The van der Waals surface area contributed by atoms with Crippen molar-refractivity contribution in [1.29, 1.82) is 0 Å². The maximum Gasteiger partial charge on any atom is 0.131 e. The van der Waals surface area contributed by atoms with Crippen LogP contribution in [-0.2, 0) is 0 Å². The highest BCUT2D eigenvalue weighted by molar-refractivity contribution is 7.16. The van der Waals surface area contributed by atoms with Crippen molar-refractivity contribution in [3.63, 3.8) is 0 Å². The summed E-state index contributed by atoms with van der Waals surface area (Å²) in [5.41, 5.74) is 0. The molecular weight excluding hydrogens is 218 g/mol. The van der Waals surface area contributed by atoms with Crippen LogP contribution in [0.5, 0.6) is 5.75 Å². The Kier molecular flexibility index (Phi) is 6.31. The lowest BCUT2D eigenvalue weighted by molar-refractivity contribution is 0.474. The summed E-state index contributed by atoms with van der Waals surface area (Å²) < 4.78 is 0. The van der Waals surface area contributed by atoms with Crippen molar-refractivity contribution < 1.29 is 5.11 Å². The highest BCUT2D eigenvalue weighted by atomic mass is 32.1. The Morgan fingerprint density at radius 2 is 1.88 bits per heavy atom. The Bertz CT molecular complexity index is 277. The van der Waals surface area contributed by atoms with Crippen molar-refractivity contribution in [2.45, 2.75) is 52.4 Å². The molecule has 2 nitrogen and oxygen atoms in total. The van der Waals surface area contributed by atoms with Crippen LogP contribution >= 0.6 is 11.3 Å². The zero-order chi connectivity index (χ0) is 11.8. The van der Waals surface area contributed by atoms with Gasteiger partial charge in [0.25, 0.3) is 0 Å². The second kappa shape index (κ2) is 7.55. The van der Waals surface area contributed by atoms with E-state index < -0.39 is 0 Å². The van der Waals surface area contributed by atoms with Crippen LogP contribution in [-0.4, -0.2) is 11.7 Å². The molecule has 1 heterocycles. The van der Waals surface area contributed by atoms with Gasteiger partial charge in [-0.25, -0.2) is 0 Å².